The van der Waals surface area contributed by atoms with Gasteiger partial charge < -0.3 is 14.9 Å². The Bertz CT molecular complexity index is 366. The van der Waals surface area contributed by atoms with E-state index in [1.54, 1.807) is 13.2 Å². The van der Waals surface area contributed by atoms with Crippen LogP contribution in [0.2, 0.25) is 0 Å². The Kier molecular flexibility index (Phi) is 4.75. The van der Waals surface area contributed by atoms with E-state index in [1.165, 1.54) is 14.0 Å². The van der Waals surface area contributed by atoms with Crippen molar-refractivity contribution in [1.29, 1.82) is 0 Å². The van der Waals surface area contributed by atoms with Crippen LogP contribution in [0.25, 0.3) is 0 Å². The Labute approximate surface area is 94.7 Å². The first-order valence-electron chi connectivity index (χ1n) is 4.88. The topological polar surface area (TPSA) is 59.6 Å². The summed E-state index contributed by atoms with van der Waals surface area (Å²) in [4.78, 5) is 15.9. The lowest BCUT2D eigenvalue weighted by Crippen LogP contribution is -2.15. The molecule has 0 radical (unpaired) electrons. The first-order chi connectivity index (χ1) is 7.69. The van der Waals surface area contributed by atoms with E-state index in [2.05, 4.69) is 10.8 Å². The van der Waals surface area contributed by atoms with Crippen LogP contribution in [0.3, 0.4) is 0 Å². The van der Waals surface area contributed by atoms with Gasteiger partial charge in [0.1, 0.15) is 5.75 Å². The van der Waals surface area contributed by atoms with Crippen molar-refractivity contribution in [3.63, 3.8) is 0 Å². The highest BCUT2D eigenvalue weighted by atomic mass is 16.6. The normalized spacial score (nSPS) is 9.94. The fraction of sp³-hybridized carbons (Fsp3) is 0.364. The minimum atomic E-state index is -0.136. The van der Waals surface area contributed by atoms with Crippen LogP contribution >= 0.6 is 0 Å². The molecule has 0 heterocycles. The van der Waals surface area contributed by atoms with Gasteiger partial charge in [-0.2, -0.15) is 5.48 Å². The van der Waals surface area contributed by atoms with Gasteiger partial charge in [-0.3, -0.25) is 4.79 Å². The van der Waals surface area contributed by atoms with Crippen LogP contribution in [0.4, 0.5) is 5.69 Å². The molecule has 1 aromatic carbocycles. The number of hydrogen-bond donors (Lipinski definition) is 2. The molecule has 5 nitrogen and oxygen atoms in total. The first kappa shape index (κ1) is 12.5. The third-order valence-corrected chi connectivity index (χ3v) is 2.04. The van der Waals surface area contributed by atoms with Gasteiger partial charge in [-0.1, -0.05) is 12.1 Å². The summed E-state index contributed by atoms with van der Waals surface area (Å²) < 4.78 is 5.18. The number of nitrogens with one attached hydrogen (secondary N) is 2. The largest absolute Gasteiger partial charge is 0.495 e. The number of carbonyl (C=O) groups is 1. The zero-order valence-electron chi connectivity index (χ0n) is 9.66. The van der Waals surface area contributed by atoms with Crippen LogP contribution in [0.1, 0.15) is 12.5 Å². The van der Waals surface area contributed by atoms with Gasteiger partial charge in [0.15, 0.2) is 0 Å². The van der Waals surface area contributed by atoms with Crippen molar-refractivity contribution < 1.29 is 14.4 Å². The molecule has 0 fully saturated rings. The number of methoxy groups -OCH3 is 1. The second-order valence-corrected chi connectivity index (χ2v) is 3.20. The van der Waals surface area contributed by atoms with Crippen molar-refractivity contribution in [1.82, 2.24) is 5.48 Å². The van der Waals surface area contributed by atoms with Crippen LogP contribution in [-0.4, -0.2) is 20.1 Å². The van der Waals surface area contributed by atoms with Crippen LogP contribution in [0, 0.1) is 0 Å². The Morgan fingerprint density at radius 3 is 2.69 bits per heavy atom. The van der Waals surface area contributed by atoms with Crippen LogP contribution < -0.4 is 15.5 Å². The van der Waals surface area contributed by atoms with E-state index < -0.39 is 0 Å². The van der Waals surface area contributed by atoms with E-state index in [0.29, 0.717) is 18.0 Å². The van der Waals surface area contributed by atoms with Crippen molar-refractivity contribution in [2.24, 2.45) is 0 Å². The number of carbonyl (C=O) groups excluding carboxylic acids is 1. The molecule has 0 saturated carbocycles. The predicted octanol–water partition coefficient (Wildman–Crippen LogP) is 1.30. The van der Waals surface area contributed by atoms with E-state index in [9.17, 15) is 4.79 Å². The van der Waals surface area contributed by atoms with E-state index in [4.69, 9.17) is 9.57 Å². The smallest absolute Gasteiger partial charge is 0.221 e. The summed E-state index contributed by atoms with van der Waals surface area (Å²) in [6.45, 7) is 1.95. The Morgan fingerprint density at radius 1 is 1.38 bits per heavy atom. The number of ether oxygens (including phenoxy) is 1. The van der Waals surface area contributed by atoms with Crippen molar-refractivity contribution in [3.05, 3.63) is 23.8 Å². The lowest BCUT2D eigenvalue weighted by atomic mass is 10.1. The second-order valence-electron chi connectivity index (χ2n) is 3.20. The fourth-order valence-corrected chi connectivity index (χ4v) is 1.36. The molecule has 0 aliphatic heterocycles. The molecule has 1 rings (SSSR count). The summed E-state index contributed by atoms with van der Waals surface area (Å²) in [5.74, 6) is 0.494. The minimum Gasteiger partial charge on any atom is -0.495 e. The standard InChI is InChI=1S/C11H16N2O3/c1-8(14)13-11-9(7-12-16-3)5-4-6-10(11)15-2/h4-6,12H,7H2,1-3H3,(H,13,14). The SMILES string of the molecule is CONCc1cccc(OC)c1NC(C)=O. The van der Waals surface area contributed by atoms with Gasteiger partial charge in [-0.15, -0.1) is 0 Å². The summed E-state index contributed by atoms with van der Waals surface area (Å²) in [6, 6.07) is 5.54. The number of hydrogen-bond acceptors (Lipinski definition) is 4. The molecule has 0 unspecified atom stereocenters. The molecule has 2 N–H and O–H groups in total. The summed E-state index contributed by atoms with van der Waals surface area (Å²) in [6.07, 6.45) is 0. The molecule has 0 aliphatic rings. The average molecular weight is 224 g/mol. The predicted molar refractivity (Wildman–Crippen MR) is 61.1 cm³/mol. The average Bonchev–Trinajstić information content (AvgIpc) is 2.27. The van der Waals surface area contributed by atoms with Gasteiger partial charge in [0.25, 0.3) is 0 Å². The van der Waals surface area contributed by atoms with Gasteiger partial charge in [-0.25, -0.2) is 0 Å². The first-order valence-corrected chi connectivity index (χ1v) is 4.88. The summed E-state index contributed by atoms with van der Waals surface area (Å²) >= 11 is 0. The number of benzene rings is 1. The maximum absolute atomic E-state index is 11.1. The Balaban J connectivity index is 2.99. The zero-order chi connectivity index (χ0) is 12.0. The number of anilines is 1. The van der Waals surface area contributed by atoms with Crippen LogP contribution in [-0.2, 0) is 16.2 Å². The highest BCUT2D eigenvalue weighted by molar-refractivity contribution is 5.91. The van der Waals surface area contributed by atoms with Gasteiger partial charge in [0.2, 0.25) is 5.91 Å². The summed E-state index contributed by atoms with van der Waals surface area (Å²) in [5.41, 5.74) is 4.29. The number of rotatable bonds is 5. The van der Waals surface area contributed by atoms with Crippen molar-refractivity contribution in [3.8, 4) is 5.75 Å². The van der Waals surface area contributed by atoms with Crippen molar-refractivity contribution >= 4 is 11.6 Å². The number of para-hydroxylation sites is 1. The quantitative estimate of drug-likeness (QED) is 0.740. The van der Waals surface area contributed by atoms with Crippen LogP contribution in [0.15, 0.2) is 18.2 Å². The Morgan fingerprint density at radius 2 is 2.12 bits per heavy atom. The second kappa shape index (κ2) is 6.09. The lowest BCUT2D eigenvalue weighted by Gasteiger charge is -2.14. The lowest BCUT2D eigenvalue weighted by molar-refractivity contribution is -0.114. The maximum Gasteiger partial charge on any atom is 0.221 e. The van der Waals surface area contributed by atoms with E-state index in [1.807, 2.05) is 12.1 Å². The van der Waals surface area contributed by atoms with Crippen LogP contribution in [0.5, 0.6) is 5.75 Å². The van der Waals surface area contributed by atoms with Gasteiger partial charge in [0, 0.05) is 13.5 Å². The van der Waals surface area contributed by atoms with Gasteiger partial charge in [0.05, 0.1) is 19.9 Å². The molecule has 0 bridgehead atoms. The van der Waals surface area contributed by atoms with E-state index >= 15 is 0 Å². The minimum absolute atomic E-state index is 0.136. The molecule has 0 atom stereocenters. The van der Waals surface area contributed by atoms with E-state index in [-0.39, 0.29) is 5.91 Å². The molecule has 0 spiro atoms. The monoisotopic (exact) mass is 224 g/mol. The third-order valence-electron chi connectivity index (χ3n) is 2.04. The molecule has 16 heavy (non-hydrogen) atoms. The van der Waals surface area contributed by atoms with Gasteiger partial charge in [-0.05, 0) is 11.6 Å². The van der Waals surface area contributed by atoms with E-state index in [0.717, 1.165) is 5.56 Å². The van der Waals surface area contributed by atoms with Crippen molar-refractivity contribution in [2.75, 3.05) is 19.5 Å². The molecule has 5 heteroatoms. The molecular formula is C11H16N2O3. The third kappa shape index (κ3) is 3.22. The Hall–Kier alpha value is -1.59. The maximum atomic E-state index is 11.1. The highest BCUT2D eigenvalue weighted by Gasteiger charge is 2.09. The van der Waals surface area contributed by atoms with Gasteiger partial charge >= 0.3 is 0 Å². The molecule has 1 aromatic rings. The summed E-state index contributed by atoms with van der Waals surface area (Å²) in [5, 5.41) is 2.74. The number of amides is 1. The molecular weight excluding hydrogens is 208 g/mol. The molecule has 0 aliphatic carbocycles. The van der Waals surface area contributed by atoms with Crippen molar-refractivity contribution in [2.45, 2.75) is 13.5 Å². The molecule has 0 aromatic heterocycles. The fourth-order valence-electron chi connectivity index (χ4n) is 1.36. The zero-order valence-corrected chi connectivity index (χ0v) is 9.66. The summed E-state index contributed by atoms with van der Waals surface area (Å²) in [7, 11) is 3.10. The highest BCUT2D eigenvalue weighted by Crippen LogP contribution is 2.28. The molecule has 1 amide bonds. The molecule has 0 saturated heterocycles. The molecule has 88 valence electrons. The number of hydroxylamine groups is 1.